The second kappa shape index (κ2) is 5.52. The molecule has 1 atom stereocenters. The summed E-state index contributed by atoms with van der Waals surface area (Å²) in [5.41, 5.74) is 2.17. The summed E-state index contributed by atoms with van der Waals surface area (Å²) in [4.78, 5) is 0. The molecule has 0 saturated carbocycles. The number of anilines is 1. The molecule has 1 heterocycles. The topological polar surface area (TPSA) is 71.0 Å². The fourth-order valence-corrected chi connectivity index (χ4v) is 2.50. The maximum atomic E-state index is 10.2. The number of allylic oxidation sites excluding steroid dienone is 1. The van der Waals surface area contributed by atoms with Crippen molar-refractivity contribution in [2.75, 3.05) is 19.0 Å². The summed E-state index contributed by atoms with van der Waals surface area (Å²) in [7, 11) is 1.60. The summed E-state index contributed by atoms with van der Waals surface area (Å²) in [6, 6.07) is 1.66. The number of methoxy groups -OCH3 is 1. The number of benzene rings is 1. The first-order valence-corrected chi connectivity index (χ1v) is 6.88. The van der Waals surface area contributed by atoms with E-state index >= 15 is 0 Å². The molecule has 22 heavy (non-hydrogen) atoms. The van der Waals surface area contributed by atoms with Crippen LogP contribution in [0.1, 0.15) is 5.56 Å². The molecule has 5 heteroatoms. The van der Waals surface area contributed by atoms with Crippen molar-refractivity contribution in [3.05, 3.63) is 53.8 Å². The molecule has 0 amide bonds. The zero-order chi connectivity index (χ0) is 15.7. The molecule has 1 aromatic carbocycles. The SMILES string of the molecule is C=CCOc1cc2c(c(O)c1O)C=C1C=C(OC)C=CC1N2. The zero-order valence-corrected chi connectivity index (χ0v) is 12.2. The third-order valence-corrected chi connectivity index (χ3v) is 3.61. The highest BCUT2D eigenvalue weighted by Gasteiger charge is 2.25. The minimum absolute atomic E-state index is 0.0115. The summed E-state index contributed by atoms with van der Waals surface area (Å²) in [5.74, 6) is 0.465. The second-order valence-corrected chi connectivity index (χ2v) is 5.01. The molecule has 114 valence electrons. The number of fused-ring (bicyclic) bond motifs is 2. The fraction of sp³-hybridized carbons (Fsp3) is 0.176. The van der Waals surface area contributed by atoms with Gasteiger partial charge in [0.2, 0.25) is 5.75 Å². The standard InChI is InChI=1S/C17H17NO4/c1-3-6-22-15-9-14-12(16(19)17(15)20)8-10-7-11(21-2)4-5-13(10)18-14/h3-5,7-9,13,18-20H,1,6H2,2H3. The second-order valence-electron chi connectivity index (χ2n) is 5.01. The molecule has 3 rings (SSSR count). The highest BCUT2D eigenvalue weighted by atomic mass is 16.5. The number of phenols is 2. The molecule has 1 aromatic rings. The quantitative estimate of drug-likeness (QED) is 0.453. The smallest absolute Gasteiger partial charge is 0.201 e. The van der Waals surface area contributed by atoms with Crippen LogP contribution in [0, 0.1) is 0 Å². The molecule has 1 unspecified atom stereocenters. The molecule has 1 aliphatic heterocycles. The normalized spacial score (nSPS) is 18.3. The first-order chi connectivity index (χ1) is 10.6. The monoisotopic (exact) mass is 299 g/mol. The minimum atomic E-state index is -0.278. The lowest BCUT2D eigenvalue weighted by atomic mass is 9.93. The maximum absolute atomic E-state index is 10.2. The van der Waals surface area contributed by atoms with Crippen LogP contribution in [0.5, 0.6) is 17.2 Å². The minimum Gasteiger partial charge on any atom is -0.504 e. The number of aromatic hydroxyl groups is 2. The molecule has 1 aliphatic carbocycles. The summed E-state index contributed by atoms with van der Waals surface area (Å²) in [5, 5.41) is 23.6. The molecule has 0 aromatic heterocycles. The van der Waals surface area contributed by atoms with E-state index < -0.39 is 0 Å². The van der Waals surface area contributed by atoms with Crippen LogP contribution in [0.4, 0.5) is 5.69 Å². The van der Waals surface area contributed by atoms with Crippen molar-refractivity contribution in [3.63, 3.8) is 0 Å². The van der Waals surface area contributed by atoms with Crippen LogP contribution >= 0.6 is 0 Å². The largest absolute Gasteiger partial charge is 0.504 e. The Hall–Kier alpha value is -2.82. The van der Waals surface area contributed by atoms with E-state index in [4.69, 9.17) is 9.47 Å². The van der Waals surface area contributed by atoms with Gasteiger partial charge in [-0.1, -0.05) is 18.7 Å². The van der Waals surface area contributed by atoms with Crippen molar-refractivity contribution in [1.82, 2.24) is 0 Å². The summed E-state index contributed by atoms with van der Waals surface area (Å²) < 4.78 is 10.6. The highest BCUT2D eigenvalue weighted by molar-refractivity contribution is 5.84. The third kappa shape index (κ3) is 2.30. The van der Waals surface area contributed by atoms with Gasteiger partial charge in [0.15, 0.2) is 11.5 Å². The molecule has 0 bridgehead atoms. The molecule has 0 saturated heterocycles. The lowest BCUT2D eigenvalue weighted by Crippen LogP contribution is -2.24. The van der Waals surface area contributed by atoms with Gasteiger partial charge in [0.25, 0.3) is 0 Å². The molecule has 0 spiro atoms. The van der Waals surface area contributed by atoms with Crippen LogP contribution in [-0.4, -0.2) is 30.0 Å². The lowest BCUT2D eigenvalue weighted by Gasteiger charge is -2.28. The van der Waals surface area contributed by atoms with Crippen molar-refractivity contribution in [3.8, 4) is 17.2 Å². The Bertz CT molecular complexity index is 716. The number of hydrogen-bond acceptors (Lipinski definition) is 5. The van der Waals surface area contributed by atoms with E-state index in [2.05, 4.69) is 11.9 Å². The van der Waals surface area contributed by atoms with Crippen LogP contribution < -0.4 is 10.1 Å². The van der Waals surface area contributed by atoms with Crippen LogP contribution in [0.2, 0.25) is 0 Å². The lowest BCUT2D eigenvalue weighted by molar-refractivity contribution is 0.305. The number of rotatable bonds is 4. The van der Waals surface area contributed by atoms with Gasteiger partial charge in [0.1, 0.15) is 12.4 Å². The van der Waals surface area contributed by atoms with E-state index in [1.807, 2.05) is 24.3 Å². The number of phenolic OH excluding ortho intramolecular Hbond substituents is 2. The number of hydrogen-bond donors (Lipinski definition) is 3. The first kappa shape index (κ1) is 14.1. The highest BCUT2D eigenvalue weighted by Crippen LogP contribution is 2.46. The van der Waals surface area contributed by atoms with Gasteiger partial charge >= 0.3 is 0 Å². The van der Waals surface area contributed by atoms with E-state index in [1.165, 1.54) is 0 Å². The van der Waals surface area contributed by atoms with Crippen LogP contribution in [0.3, 0.4) is 0 Å². The summed E-state index contributed by atoms with van der Waals surface area (Å²) in [6.07, 6.45) is 9.14. The first-order valence-electron chi connectivity index (χ1n) is 6.88. The van der Waals surface area contributed by atoms with Crippen molar-refractivity contribution in [2.45, 2.75) is 6.04 Å². The maximum Gasteiger partial charge on any atom is 0.201 e. The van der Waals surface area contributed by atoms with E-state index in [-0.39, 0.29) is 29.9 Å². The molecule has 0 radical (unpaired) electrons. The summed E-state index contributed by atoms with van der Waals surface area (Å²) >= 11 is 0. The predicted octanol–water partition coefficient (Wildman–Crippen LogP) is 2.94. The van der Waals surface area contributed by atoms with Gasteiger partial charge in [-0.3, -0.25) is 0 Å². The van der Waals surface area contributed by atoms with Crippen molar-refractivity contribution in [2.24, 2.45) is 0 Å². The van der Waals surface area contributed by atoms with Gasteiger partial charge in [0, 0.05) is 17.3 Å². The van der Waals surface area contributed by atoms with Crippen LogP contribution in [0.15, 0.2) is 48.3 Å². The zero-order valence-electron chi connectivity index (χ0n) is 12.2. The van der Waals surface area contributed by atoms with Crippen molar-refractivity contribution in [1.29, 1.82) is 0 Å². The molecular weight excluding hydrogens is 282 g/mol. The number of nitrogens with one attached hydrogen (secondary N) is 1. The Balaban J connectivity index is 2.05. The van der Waals surface area contributed by atoms with Gasteiger partial charge < -0.3 is 25.0 Å². The molecule has 5 nitrogen and oxygen atoms in total. The van der Waals surface area contributed by atoms with E-state index in [0.717, 1.165) is 11.3 Å². The Kier molecular flexibility index (Phi) is 3.55. The third-order valence-electron chi connectivity index (χ3n) is 3.61. The predicted molar refractivity (Wildman–Crippen MR) is 85.1 cm³/mol. The van der Waals surface area contributed by atoms with E-state index in [1.54, 1.807) is 19.3 Å². The molecule has 0 fully saturated rings. The molecule has 2 aliphatic rings. The van der Waals surface area contributed by atoms with Gasteiger partial charge in [-0.05, 0) is 23.8 Å². The van der Waals surface area contributed by atoms with E-state index in [0.29, 0.717) is 11.3 Å². The van der Waals surface area contributed by atoms with Crippen LogP contribution in [-0.2, 0) is 4.74 Å². The summed E-state index contributed by atoms with van der Waals surface area (Å²) in [6.45, 7) is 3.81. The Morgan fingerprint density at radius 2 is 2.14 bits per heavy atom. The van der Waals surface area contributed by atoms with Crippen LogP contribution in [0.25, 0.3) is 6.08 Å². The Morgan fingerprint density at radius 1 is 1.32 bits per heavy atom. The van der Waals surface area contributed by atoms with E-state index in [9.17, 15) is 10.2 Å². The Labute approximate surface area is 128 Å². The number of ether oxygens (including phenoxy) is 2. The Morgan fingerprint density at radius 3 is 2.86 bits per heavy atom. The van der Waals surface area contributed by atoms with Gasteiger partial charge in [-0.15, -0.1) is 0 Å². The van der Waals surface area contributed by atoms with Crippen molar-refractivity contribution < 1.29 is 19.7 Å². The van der Waals surface area contributed by atoms with Gasteiger partial charge in [0.05, 0.1) is 13.2 Å². The van der Waals surface area contributed by atoms with Gasteiger partial charge in [-0.2, -0.15) is 0 Å². The van der Waals surface area contributed by atoms with Crippen molar-refractivity contribution >= 4 is 11.8 Å². The molecular formula is C17H17NO4. The van der Waals surface area contributed by atoms with Gasteiger partial charge in [-0.25, -0.2) is 0 Å². The molecule has 3 N–H and O–H groups in total. The average Bonchev–Trinajstić information content (AvgIpc) is 2.55. The average molecular weight is 299 g/mol. The fourth-order valence-electron chi connectivity index (χ4n) is 2.50.